The molecule has 0 aliphatic rings. The van der Waals surface area contributed by atoms with E-state index in [1.54, 1.807) is 0 Å². The van der Waals surface area contributed by atoms with Crippen LogP contribution < -0.4 is 10.1 Å². The number of benzene rings is 1. The van der Waals surface area contributed by atoms with Gasteiger partial charge in [-0.1, -0.05) is 11.6 Å². The zero-order valence-corrected chi connectivity index (χ0v) is 9.25. The minimum atomic E-state index is -1.14. The number of aromatic carboxylic acids is 1. The molecular formula is C10H10ClNO4. The van der Waals surface area contributed by atoms with Crippen molar-refractivity contribution in [2.75, 3.05) is 13.7 Å². The average molecular weight is 244 g/mol. The average Bonchev–Trinajstić information content (AvgIpc) is 2.27. The number of carbonyl (C=O) groups excluding carboxylic acids is 1. The molecule has 0 radical (unpaired) electrons. The lowest BCUT2D eigenvalue weighted by Crippen LogP contribution is -2.24. The van der Waals surface area contributed by atoms with Gasteiger partial charge < -0.3 is 15.2 Å². The fraction of sp³-hybridized carbons (Fsp3) is 0.200. The molecule has 1 rings (SSSR count). The Balaban J connectivity index is 2.79. The van der Waals surface area contributed by atoms with Crippen LogP contribution in [0.3, 0.4) is 0 Å². The Hall–Kier alpha value is -1.75. The molecule has 86 valence electrons. The molecule has 5 nitrogen and oxygen atoms in total. The summed E-state index contributed by atoms with van der Waals surface area (Å²) in [4.78, 5) is 21.6. The minimum Gasteiger partial charge on any atom is -0.484 e. The number of carboxylic acid groups (broad SMARTS) is 1. The van der Waals surface area contributed by atoms with E-state index in [4.69, 9.17) is 21.4 Å². The van der Waals surface area contributed by atoms with E-state index in [1.807, 2.05) is 0 Å². The number of ether oxygens (including phenoxy) is 1. The highest BCUT2D eigenvalue weighted by molar-refractivity contribution is 6.33. The van der Waals surface area contributed by atoms with Gasteiger partial charge in [0.05, 0.1) is 10.6 Å². The lowest BCUT2D eigenvalue weighted by atomic mass is 10.2. The molecule has 6 heteroatoms. The Bertz CT molecular complexity index is 419. The molecule has 0 aliphatic heterocycles. The van der Waals surface area contributed by atoms with Gasteiger partial charge >= 0.3 is 5.97 Å². The van der Waals surface area contributed by atoms with E-state index in [2.05, 4.69) is 5.32 Å². The summed E-state index contributed by atoms with van der Waals surface area (Å²) in [6.07, 6.45) is 0. The van der Waals surface area contributed by atoms with Crippen molar-refractivity contribution in [1.29, 1.82) is 0 Å². The Kier molecular flexibility index (Phi) is 4.13. The summed E-state index contributed by atoms with van der Waals surface area (Å²) in [6.45, 7) is -0.169. The number of amides is 1. The summed E-state index contributed by atoms with van der Waals surface area (Å²) in [5, 5.41) is 11.3. The van der Waals surface area contributed by atoms with Crippen molar-refractivity contribution in [2.45, 2.75) is 0 Å². The van der Waals surface area contributed by atoms with Crippen molar-refractivity contribution in [2.24, 2.45) is 0 Å². The summed E-state index contributed by atoms with van der Waals surface area (Å²) in [5.41, 5.74) is -0.0592. The van der Waals surface area contributed by atoms with Gasteiger partial charge in [-0.15, -0.1) is 0 Å². The molecule has 0 fully saturated rings. The normalized spacial score (nSPS) is 9.62. The minimum absolute atomic E-state index is 0.0592. The fourth-order valence-corrected chi connectivity index (χ4v) is 1.18. The van der Waals surface area contributed by atoms with Crippen molar-refractivity contribution >= 4 is 23.5 Å². The third-order valence-electron chi connectivity index (χ3n) is 1.82. The predicted octanol–water partition coefficient (Wildman–Crippen LogP) is 1.16. The van der Waals surface area contributed by atoms with Crippen molar-refractivity contribution in [3.63, 3.8) is 0 Å². The molecule has 0 atom stereocenters. The first-order valence-corrected chi connectivity index (χ1v) is 4.78. The maximum atomic E-state index is 10.9. The lowest BCUT2D eigenvalue weighted by Gasteiger charge is -2.06. The van der Waals surface area contributed by atoms with Crippen LogP contribution in [0.1, 0.15) is 10.4 Å². The summed E-state index contributed by atoms with van der Waals surface area (Å²) in [5.74, 6) is -1.16. The molecule has 16 heavy (non-hydrogen) atoms. The highest BCUT2D eigenvalue weighted by Crippen LogP contribution is 2.21. The van der Waals surface area contributed by atoms with E-state index in [-0.39, 0.29) is 28.8 Å². The van der Waals surface area contributed by atoms with Crippen LogP contribution >= 0.6 is 11.6 Å². The molecule has 0 aromatic heterocycles. The van der Waals surface area contributed by atoms with Crippen molar-refractivity contribution in [3.05, 3.63) is 28.8 Å². The summed E-state index contributed by atoms with van der Waals surface area (Å²) >= 11 is 5.67. The Morgan fingerprint density at radius 2 is 2.19 bits per heavy atom. The summed E-state index contributed by atoms with van der Waals surface area (Å²) in [6, 6.07) is 4.18. The molecule has 0 saturated carbocycles. The van der Waals surface area contributed by atoms with E-state index in [1.165, 1.54) is 25.2 Å². The number of hydrogen-bond acceptors (Lipinski definition) is 3. The van der Waals surface area contributed by atoms with E-state index in [0.717, 1.165) is 0 Å². The van der Waals surface area contributed by atoms with Gasteiger partial charge in [0.15, 0.2) is 6.61 Å². The van der Waals surface area contributed by atoms with Crippen LogP contribution in [0.5, 0.6) is 5.75 Å². The molecule has 0 aliphatic carbocycles. The molecule has 0 unspecified atom stereocenters. The second-order valence-corrected chi connectivity index (χ2v) is 3.32. The van der Waals surface area contributed by atoms with Crippen LogP contribution in [-0.2, 0) is 4.79 Å². The van der Waals surface area contributed by atoms with Gasteiger partial charge in [-0.2, -0.15) is 0 Å². The first kappa shape index (κ1) is 12.3. The maximum absolute atomic E-state index is 10.9. The van der Waals surface area contributed by atoms with E-state index in [9.17, 15) is 9.59 Å². The van der Waals surface area contributed by atoms with Crippen LogP contribution in [-0.4, -0.2) is 30.6 Å². The van der Waals surface area contributed by atoms with Crippen molar-refractivity contribution in [1.82, 2.24) is 5.32 Å². The first-order valence-electron chi connectivity index (χ1n) is 4.41. The molecule has 1 aromatic carbocycles. The van der Waals surface area contributed by atoms with Crippen LogP contribution in [0.15, 0.2) is 18.2 Å². The third-order valence-corrected chi connectivity index (χ3v) is 2.15. The lowest BCUT2D eigenvalue weighted by molar-refractivity contribution is -0.122. The van der Waals surface area contributed by atoms with E-state index in [0.29, 0.717) is 0 Å². The molecule has 0 bridgehead atoms. The second-order valence-electron chi connectivity index (χ2n) is 2.91. The highest BCUT2D eigenvalue weighted by Gasteiger charge is 2.10. The predicted molar refractivity (Wildman–Crippen MR) is 58.0 cm³/mol. The fourth-order valence-electron chi connectivity index (χ4n) is 0.979. The van der Waals surface area contributed by atoms with Gasteiger partial charge in [0, 0.05) is 7.05 Å². The van der Waals surface area contributed by atoms with Gasteiger partial charge in [0.2, 0.25) is 0 Å². The summed E-state index contributed by atoms with van der Waals surface area (Å²) < 4.78 is 5.07. The third kappa shape index (κ3) is 3.13. The zero-order chi connectivity index (χ0) is 12.1. The van der Waals surface area contributed by atoms with Crippen LogP contribution in [0.2, 0.25) is 5.02 Å². The zero-order valence-electron chi connectivity index (χ0n) is 8.49. The van der Waals surface area contributed by atoms with E-state index < -0.39 is 5.97 Å². The van der Waals surface area contributed by atoms with Gasteiger partial charge in [0.25, 0.3) is 5.91 Å². The molecule has 0 spiro atoms. The number of halogens is 1. The Labute approximate surface area is 97.0 Å². The Morgan fingerprint density at radius 3 is 2.75 bits per heavy atom. The maximum Gasteiger partial charge on any atom is 0.337 e. The van der Waals surface area contributed by atoms with Gasteiger partial charge in [-0.3, -0.25) is 4.79 Å². The van der Waals surface area contributed by atoms with Gasteiger partial charge in [0.1, 0.15) is 5.75 Å². The van der Waals surface area contributed by atoms with E-state index >= 15 is 0 Å². The summed E-state index contributed by atoms with van der Waals surface area (Å²) in [7, 11) is 1.48. The molecule has 1 amide bonds. The van der Waals surface area contributed by atoms with Crippen LogP contribution in [0.4, 0.5) is 0 Å². The monoisotopic (exact) mass is 243 g/mol. The number of rotatable bonds is 4. The quantitative estimate of drug-likeness (QED) is 0.832. The number of likely N-dealkylation sites (N-methyl/N-ethyl adjacent to an activating group) is 1. The van der Waals surface area contributed by atoms with Crippen molar-refractivity contribution < 1.29 is 19.4 Å². The van der Waals surface area contributed by atoms with Crippen LogP contribution in [0, 0.1) is 0 Å². The smallest absolute Gasteiger partial charge is 0.337 e. The second kappa shape index (κ2) is 5.37. The molecular weight excluding hydrogens is 234 g/mol. The number of carboxylic acids is 1. The topological polar surface area (TPSA) is 75.6 Å². The highest BCUT2D eigenvalue weighted by atomic mass is 35.5. The van der Waals surface area contributed by atoms with Crippen molar-refractivity contribution in [3.8, 4) is 5.75 Å². The van der Waals surface area contributed by atoms with Gasteiger partial charge in [-0.25, -0.2) is 4.79 Å². The molecule has 2 N–H and O–H groups in total. The standard InChI is InChI=1S/C10H10ClNO4/c1-12-9(13)5-16-6-2-3-8(11)7(4-6)10(14)15/h2-4H,5H2,1H3,(H,12,13)(H,14,15). The number of hydrogen-bond donors (Lipinski definition) is 2. The number of carbonyl (C=O) groups is 2. The Morgan fingerprint density at radius 1 is 1.50 bits per heavy atom. The van der Waals surface area contributed by atoms with Crippen LogP contribution in [0.25, 0.3) is 0 Å². The first-order chi connectivity index (χ1) is 7.54. The molecule has 0 heterocycles. The molecule has 0 saturated heterocycles. The SMILES string of the molecule is CNC(=O)COc1ccc(Cl)c(C(=O)O)c1. The van der Waals surface area contributed by atoms with Gasteiger partial charge in [-0.05, 0) is 18.2 Å². The largest absolute Gasteiger partial charge is 0.484 e. The molecule has 1 aromatic rings. The number of nitrogens with one attached hydrogen (secondary N) is 1.